The van der Waals surface area contributed by atoms with Crippen molar-refractivity contribution < 1.29 is 13.6 Å². The van der Waals surface area contributed by atoms with Crippen LogP contribution in [0.15, 0.2) is 12.1 Å². The molecule has 1 atom stereocenters. The Balaban J connectivity index is 2.16. The minimum Gasteiger partial charge on any atom is -0.389 e. The molecule has 1 saturated heterocycles. The Bertz CT molecular complexity index is 503. The smallest absolute Gasteiger partial charge is 0.220 e. The van der Waals surface area contributed by atoms with Crippen LogP contribution < -0.4 is 16.4 Å². The van der Waals surface area contributed by atoms with Crippen molar-refractivity contribution in [2.75, 3.05) is 11.9 Å². The van der Waals surface area contributed by atoms with Crippen LogP contribution in [-0.4, -0.2) is 23.5 Å². The average molecular weight is 285 g/mol. The van der Waals surface area contributed by atoms with Crippen LogP contribution in [-0.2, 0) is 4.79 Å². The van der Waals surface area contributed by atoms with E-state index in [4.69, 9.17) is 5.73 Å². The van der Waals surface area contributed by atoms with Crippen molar-refractivity contribution in [1.82, 2.24) is 5.32 Å². The van der Waals surface area contributed by atoms with Crippen molar-refractivity contribution in [3.05, 3.63) is 29.3 Å². The maximum atomic E-state index is 13.8. The highest BCUT2D eigenvalue weighted by atomic mass is 32.1. The molecule has 102 valence electrons. The molecule has 7 heteroatoms. The zero-order chi connectivity index (χ0) is 14.0. The van der Waals surface area contributed by atoms with Gasteiger partial charge in [0.05, 0.1) is 0 Å². The third-order valence-electron chi connectivity index (χ3n) is 2.94. The summed E-state index contributed by atoms with van der Waals surface area (Å²) in [4.78, 5) is 10.9. The van der Waals surface area contributed by atoms with Crippen molar-refractivity contribution in [2.24, 2.45) is 5.73 Å². The number of nitrogens with one attached hydrogen (secondary N) is 2. The van der Waals surface area contributed by atoms with E-state index in [-0.39, 0.29) is 28.2 Å². The molecule has 0 saturated carbocycles. The van der Waals surface area contributed by atoms with Gasteiger partial charge in [0.25, 0.3) is 0 Å². The van der Waals surface area contributed by atoms with Crippen molar-refractivity contribution in [3.8, 4) is 0 Å². The molecule has 4 nitrogen and oxygen atoms in total. The second-order valence-electron chi connectivity index (χ2n) is 4.36. The van der Waals surface area contributed by atoms with E-state index in [9.17, 15) is 13.6 Å². The maximum absolute atomic E-state index is 13.8. The Morgan fingerprint density at radius 1 is 1.42 bits per heavy atom. The first-order valence-electron chi connectivity index (χ1n) is 5.79. The number of thiocarbonyl (C=S) groups is 1. The Labute approximate surface area is 114 Å². The zero-order valence-electron chi connectivity index (χ0n) is 10.0. The summed E-state index contributed by atoms with van der Waals surface area (Å²) in [5.41, 5.74) is 5.26. The number of rotatable bonds is 3. The lowest BCUT2D eigenvalue weighted by Crippen LogP contribution is -2.42. The van der Waals surface area contributed by atoms with E-state index >= 15 is 0 Å². The zero-order valence-corrected chi connectivity index (χ0v) is 10.8. The van der Waals surface area contributed by atoms with Crippen LogP contribution in [0.3, 0.4) is 0 Å². The highest BCUT2D eigenvalue weighted by molar-refractivity contribution is 7.80. The van der Waals surface area contributed by atoms with Crippen LogP contribution in [0.1, 0.15) is 18.4 Å². The number of hydrogen-bond donors (Lipinski definition) is 3. The van der Waals surface area contributed by atoms with E-state index in [0.29, 0.717) is 19.4 Å². The first-order valence-corrected chi connectivity index (χ1v) is 6.20. The van der Waals surface area contributed by atoms with Gasteiger partial charge in [-0.3, -0.25) is 4.79 Å². The van der Waals surface area contributed by atoms with Gasteiger partial charge in [-0.05, 0) is 18.6 Å². The highest BCUT2D eigenvalue weighted by Crippen LogP contribution is 2.23. The van der Waals surface area contributed by atoms with E-state index in [2.05, 4.69) is 22.9 Å². The van der Waals surface area contributed by atoms with Gasteiger partial charge in [0.15, 0.2) is 0 Å². The van der Waals surface area contributed by atoms with Gasteiger partial charge in [-0.25, -0.2) is 8.78 Å². The van der Waals surface area contributed by atoms with Crippen LogP contribution in [0.4, 0.5) is 14.5 Å². The van der Waals surface area contributed by atoms with Gasteiger partial charge in [-0.2, -0.15) is 0 Å². The molecule has 19 heavy (non-hydrogen) atoms. The molecular weight excluding hydrogens is 272 g/mol. The third-order valence-corrected chi connectivity index (χ3v) is 3.18. The lowest BCUT2D eigenvalue weighted by atomic mass is 10.1. The largest absolute Gasteiger partial charge is 0.389 e. The fraction of sp³-hybridized carbons (Fsp3) is 0.333. The lowest BCUT2D eigenvalue weighted by molar-refractivity contribution is -0.122. The van der Waals surface area contributed by atoms with Crippen molar-refractivity contribution >= 4 is 28.8 Å². The van der Waals surface area contributed by atoms with Crippen molar-refractivity contribution in [1.29, 1.82) is 0 Å². The number of amides is 1. The van der Waals surface area contributed by atoms with E-state index < -0.39 is 11.6 Å². The summed E-state index contributed by atoms with van der Waals surface area (Å²) in [5, 5.41) is 5.39. The van der Waals surface area contributed by atoms with E-state index in [1.807, 2.05) is 0 Å². The number of benzene rings is 1. The standard InChI is InChI=1S/C12H13F2N3OS/c13-8-3-6(12(15)19)4-9(14)11(8)17-7-1-2-10(18)16-5-7/h3-4,7,17H,1-2,5H2,(H2,15,19)(H,16,18). The predicted molar refractivity (Wildman–Crippen MR) is 71.9 cm³/mol. The number of anilines is 1. The quantitative estimate of drug-likeness (QED) is 0.732. The van der Waals surface area contributed by atoms with Crippen molar-refractivity contribution in [2.45, 2.75) is 18.9 Å². The molecule has 1 fully saturated rings. The molecule has 2 rings (SSSR count). The monoisotopic (exact) mass is 285 g/mol. The fourth-order valence-electron chi connectivity index (χ4n) is 1.91. The summed E-state index contributed by atoms with van der Waals surface area (Å²) in [7, 11) is 0. The maximum Gasteiger partial charge on any atom is 0.220 e. The number of halogens is 2. The number of hydrogen-bond acceptors (Lipinski definition) is 3. The van der Waals surface area contributed by atoms with E-state index in [1.165, 1.54) is 0 Å². The first kappa shape index (κ1) is 13.7. The molecule has 1 aliphatic heterocycles. The number of nitrogens with two attached hydrogens (primary N) is 1. The number of piperidine rings is 1. The second kappa shape index (κ2) is 5.48. The molecule has 1 unspecified atom stereocenters. The summed E-state index contributed by atoms with van der Waals surface area (Å²) in [6.07, 6.45) is 0.869. The second-order valence-corrected chi connectivity index (χ2v) is 4.80. The molecule has 0 radical (unpaired) electrons. The van der Waals surface area contributed by atoms with E-state index in [0.717, 1.165) is 12.1 Å². The molecule has 0 aromatic heterocycles. The molecule has 0 spiro atoms. The lowest BCUT2D eigenvalue weighted by Gasteiger charge is -2.25. The highest BCUT2D eigenvalue weighted by Gasteiger charge is 2.21. The molecular formula is C12H13F2N3OS. The topological polar surface area (TPSA) is 67.1 Å². The van der Waals surface area contributed by atoms with Gasteiger partial charge in [0.1, 0.15) is 22.3 Å². The first-order chi connectivity index (χ1) is 8.97. The van der Waals surface area contributed by atoms with Gasteiger partial charge >= 0.3 is 0 Å². The average Bonchev–Trinajstić information content (AvgIpc) is 2.35. The van der Waals surface area contributed by atoms with Crippen LogP contribution in [0, 0.1) is 11.6 Å². The Kier molecular flexibility index (Phi) is 3.94. The SMILES string of the molecule is NC(=S)c1cc(F)c(NC2CCC(=O)NC2)c(F)c1. The molecule has 4 N–H and O–H groups in total. The molecule has 1 aromatic carbocycles. The van der Waals surface area contributed by atoms with Crippen LogP contribution in [0.5, 0.6) is 0 Å². The van der Waals surface area contributed by atoms with Gasteiger partial charge in [-0.15, -0.1) is 0 Å². The Hall–Kier alpha value is -1.76. The molecule has 1 aromatic rings. The summed E-state index contributed by atoms with van der Waals surface area (Å²) >= 11 is 4.68. The minimum atomic E-state index is -0.750. The van der Waals surface area contributed by atoms with Crippen LogP contribution >= 0.6 is 12.2 Å². The number of carbonyl (C=O) groups is 1. The summed E-state index contributed by atoms with van der Waals surface area (Å²) < 4.78 is 27.6. The number of carbonyl (C=O) groups excluding carboxylic acids is 1. The Morgan fingerprint density at radius 2 is 2.05 bits per heavy atom. The summed E-state index contributed by atoms with van der Waals surface area (Å²) in [6.45, 7) is 0.342. The predicted octanol–water partition coefficient (Wildman–Crippen LogP) is 1.29. The van der Waals surface area contributed by atoms with Gasteiger partial charge in [-0.1, -0.05) is 12.2 Å². The van der Waals surface area contributed by atoms with Crippen molar-refractivity contribution in [3.63, 3.8) is 0 Å². The Morgan fingerprint density at radius 3 is 2.53 bits per heavy atom. The normalized spacial score (nSPS) is 18.8. The third kappa shape index (κ3) is 3.17. The summed E-state index contributed by atoms with van der Waals surface area (Å²) in [5.74, 6) is -1.55. The fourth-order valence-corrected chi connectivity index (χ4v) is 2.03. The molecule has 1 aliphatic rings. The molecule has 1 amide bonds. The van der Waals surface area contributed by atoms with Crippen LogP contribution in [0.2, 0.25) is 0 Å². The van der Waals surface area contributed by atoms with Crippen LogP contribution in [0.25, 0.3) is 0 Å². The van der Waals surface area contributed by atoms with E-state index in [1.54, 1.807) is 0 Å². The summed E-state index contributed by atoms with van der Waals surface area (Å²) in [6, 6.07) is 1.99. The van der Waals surface area contributed by atoms with Gasteiger partial charge < -0.3 is 16.4 Å². The minimum absolute atomic E-state index is 0.0529. The molecule has 0 aliphatic carbocycles. The molecule has 0 bridgehead atoms. The molecule has 1 heterocycles. The van der Waals surface area contributed by atoms with Gasteiger partial charge in [0, 0.05) is 24.6 Å². The van der Waals surface area contributed by atoms with Gasteiger partial charge in [0.2, 0.25) is 5.91 Å².